The molecular formula is C10H22N2O6S2. The third kappa shape index (κ3) is 13.6. The van der Waals surface area contributed by atoms with E-state index in [2.05, 4.69) is 11.5 Å². The molecule has 10 heteroatoms. The number of hydrogen-bond donors (Lipinski definition) is 2. The largest absolute Gasteiger partial charge is 0.544 e. The van der Waals surface area contributed by atoms with Gasteiger partial charge in [0.1, 0.15) is 12.1 Å². The lowest BCUT2D eigenvalue weighted by Crippen LogP contribution is -2.69. The Morgan fingerprint density at radius 3 is 1.45 bits per heavy atom. The molecule has 20 heavy (non-hydrogen) atoms. The maximum atomic E-state index is 10.4. The van der Waals surface area contributed by atoms with Gasteiger partial charge in [-0.15, -0.1) is 0 Å². The minimum Gasteiger partial charge on any atom is -0.544 e. The number of carbonyl (C=O) groups excluding carboxylic acids is 2. The van der Waals surface area contributed by atoms with E-state index in [1.165, 1.54) is 23.5 Å². The molecule has 120 valence electrons. The fourth-order valence-corrected chi connectivity index (χ4v) is 2.49. The van der Waals surface area contributed by atoms with E-state index in [-0.39, 0.29) is 11.0 Å². The minimum absolute atomic E-state index is 0. The number of quaternary nitrogens is 2. The summed E-state index contributed by atoms with van der Waals surface area (Å²) in [4.78, 5) is 20.7. The maximum absolute atomic E-state index is 10.4. The second-order valence-electron chi connectivity index (χ2n) is 3.58. The normalized spacial score (nSPS) is 13.1. The van der Waals surface area contributed by atoms with Crippen LogP contribution in [0.2, 0.25) is 0 Å². The summed E-state index contributed by atoms with van der Waals surface area (Å²) in [5.74, 6) is -0.0178. The standard InChI is InChI=1S/C10H18N2O4S2.2H2O/c11-7(9(13)14)5-17-3-1-2-4-18-6-8(12)10(15)16;;/h1-2,7-8H,3-6,11-12H2,(H,13,14)(H,15,16);2*1H2/b2-1+;;/t7-,8-;;/m0../s1. The molecular weight excluding hydrogens is 308 g/mol. The Bertz CT molecular complexity index is 275. The van der Waals surface area contributed by atoms with E-state index in [9.17, 15) is 19.8 Å². The van der Waals surface area contributed by atoms with Gasteiger partial charge in [0.05, 0.1) is 23.4 Å². The van der Waals surface area contributed by atoms with Crippen LogP contribution >= 0.6 is 23.5 Å². The van der Waals surface area contributed by atoms with E-state index >= 15 is 0 Å². The van der Waals surface area contributed by atoms with Crippen molar-refractivity contribution in [2.75, 3.05) is 23.0 Å². The van der Waals surface area contributed by atoms with Gasteiger partial charge in [-0.2, -0.15) is 23.5 Å². The van der Waals surface area contributed by atoms with Crippen molar-refractivity contribution in [2.45, 2.75) is 12.1 Å². The van der Waals surface area contributed by atoms with E-state index in [4.69, 9.17) is 0 Å². The highest BCUT2D eigenvalue weighted by Crippen LogP contribution is 2.04. The summed E-state index contributed by atoms with van der Waals surface area (Å²) in [7, 11) is 0. The van der Waals surface area contributed by atoms with Crippen molar-refractivity contribution in [2.24, 2.45) is 0 Å². The molecule has 0 bridgehead atoms. The van der Waals surface area contributed by atoms with Crippen LogP contribution in [0.1, 0.15) is 0 Å². The van der Waals surface area contributed by atoms with E-state index < -0.39 is 24.0 Å². The highest BCUT2D eigenvalue weighted by molar-refractivity contribution is 7.99. The molecule has 0 radical (unpaired) electrons. The van der Waals surface area contributed by atoms with Crippen LogP contribution < -0.4 is 21.7 Å². The van der Waals surface area contributed by atoms with Gasteiger partial charge in [-0.05, 0) is 0 Å². The molecule has 8 nitrogen and oxygen atoms in total. The highest BCUT2D eigenvalue weighted by atomic mass is 32.2. The molecule has 0 aliphatic heterocycles. The van der Waals surface area contributed by atoms with Gasteiger partial charge in [0.25, 0.3) is 0 Å². The molecule has 2 atom stereocenters. The predicted molar refractivity (Wildman–Crippen MR) is 74.4 cm³/mol. The Morgan fingerprint density at radius 1 is 0.900 bits per heavy atom. The number of rotatable bonds is 10. The quantitative estimate of drug-likeness (QED) is 0.295. The van der Waals surface area contributed by atoms with Crippen LogP contribution in [0, 0.1) is 0 Å². The Labute approximate surface area is 125 Å². The minimum atomic E-state index is -1.13. The maximum Gasteiger partial charge on any atom is 0.134 e. The molecule has 0 rings (SSSR count). The fraction of sp³-hybridized carbons (Fsp3) is 0.600. The molecule has 0 saturated heterocycles. The molecule has 0 aliphatic carbocycles. The van der Waals surface area contributed by atoms with E-state index in [1.807, 2.05) is 12.2 Å². The first-order chi connectivity index (χ1) is 8.45. The predicted octanol–water partition coefficient (Wildman–Crippen LogP) is -5.92. The molecule has 0 unspecified atom stereocenters. The molecule has 0 amide bonds. The van der Waals surface area contributed by atoms with Crippen LogP contribution in [0.3, 0.4) is 0 Å². The molecule has 10 N–H and O–H groups in total. The van der Waals surface area contributed by atoms with Crippen LogP contribution in [0.25, 0.3) is 0 Å². The summed E-state index contributed by atoms with van der Waals surface area (Å²) in [6.45, 7) is 0. The fourth-order valence-electron chi connectivity index (χ4n) is 0.829. The number of carboxylic acids is 2. The zero-order chi connectivity index (χ0) is 14.0. The van der Waals surface area contributed by atoms with E-state index in [0.717, 1.165) is 0 Å². The monoisotopic (exact) mass is 330 g/mol. The average molecular weight is 330 g/mol. The van der Waals surface area contributed by atoms with Gasteiger partial charge in [0.2, 0.25) is 0 Å². The van der Waals surface area contributed by atoms with Gasteiger partial charge >= 0.3 is 0 Å². The zero-order valence-corrected chi connectivity index (χ0v) is 12.6. The Kier molecular flexibility index (Phi) is 17.7. The van der Waals surface area contributed by atoms with Crippen molar-refractivity contribution < 1.29 is 42.2 Å². The third-order valence-electron chi connectivity index (χ3n) is 1.90. The average Bonchev–Trinajstić information content (AvgIpc) is 2.31. The van der Waals surface area contributed by atoms with Crippen molar-refractivity contribution >= 4 is 35.5 Å². The molecule has 0 aromatic rings. The number of aliphatic carboxylic acids is 2. The SMILES string of the molecule is O.O.[NH3+][C@@H](CSC/C=C/CSC[C@H]([NH3+])C(=O)[O-])C(=O)[O-]. The van der Waals surface area contributed by atoms with Crippen molar-refractivity contribution in [1.29, 1.82) is 0 Å². The van der Waals surface area contributed by atoms with Gasteiger partial charge in [-0.3, -0.25) is 0 Å². The lowest BCUT2D eigenvalue weighted by molar-refractivity contribution is -0.431. The van der Waals surface area contributed by atoms with Crippen LogP contribution in [0.5, 0.6) is 0 Å². The first-order valence-corrected chi connectivity index (χ1v) is 7.64. The van der Waals surface area contributed by atoms with Crippen LogP contribution in [0.15, 0.2) is 12.2 Å². The highest BCUT2D eigenvalue weighted by Gasteiger charge is 2.06. The second kappa shape index (κ2) is 14.6. The zero-order valence-electron chi connectivity index (χ0n) is 11.0. The summed E-state index contributed by atoms with van der Waals surface area (Å²) >= 11 is 2.93. The van der Waals surface area contributed by atoms with Crippen molar-refractivity contribution in [3.63, 3.8) is 0 Å². The van der Waals surface area contributed by atoms with Gasteiger partial charge in [-0.25, -0.2) is 0 Å². The smallest absolute Gasteiger partial charge is 0.134 e. The summed E-state index contributed by atoms with van der Waals surface area (Å²) in [5.41, 5.74) is 6.88. The first-order valence-electron chi connectivity index (χ1n) is 5.33. The molecule has 0 spiro atoms. The first kappa shape index (κ1) is 24.3. The van der Waals surface area contributed by atoms with Gasteiger partial charge in [0, 0.05) is 11.5 Å². The molecule has 0 aromatic carbocycles. The molecule has 0 saturated carbocycles. The molecule has 0 aromatic heterocycles. The Morgan fingerprint density at radius 2 is 1.20 bits per heavy atom. The van der Waals surface area contributed by atoms with Crippen LogP contribution in [-0.2, 0) is 9.59 Å². The molecule has 0 aliphatic rings. The summed E-state index contributed by atoms with van der Waals surface area (Å²) in [5, 5.41) is 20.7. The number of carboxylic acid groups (broad SMARTS) is 2. The third-order valence-corrected chi connectivity index (χ3v) is 4.03. The van der Waals surface area contributed by atoms with Crippen molar-refractivity contribution in [3.05, 3.63) is 12.2 Å². The van der Waals surface area contributed by atoms with E-state index in [1.54, 1.807) is 0 Å². The second-order valence-corrected chi connectivity index (χ2v) is 5.73. The lowest BCUT2D eigenvalue weighted by Gasteiger charge is -2.07. The van der Waals surface area contributed by atoms with Crippen LogP contribution in [0.4, 0.5) is 0 Å². The Balaban J connectivity index is -0.00000144. The molecule has 0 heterocycles. The number of thioether (sulfide) groups is 2. The summed E-state index contributed by atoms with van der Waals surface area (Å²) < 4.78 is 0. The van der Waals surface area contributed by atoms with Crippen LogP contribution in [-0.4, -0.2) is 58.0 Å². The summed E-state index contributed by atoms with van der Waals surface area (Å²) in [6.07, 6.45) is 3.83. The lowest BCUT2D eigenvalue weighted by atomic mass is 10.4. The molecule has 0 fully saturated rings. The van der Waals surface area contributed by atoms with Gasteiger partial charge < -0.3 is 42.2 Å². The van der Waals surface area contributed by atoms with Gasteiger partial charge in [-0.1, -0.05) is 12.2 Å². The van der Waals surface area contributed by atoms with Crippen molar-refractivity contribution in [3.8, 4) is 0 Å². The number of hydrogen-bond acceptors (Lipinski definition) is 6. The van der Waals surface area contributed by atoms with Crippen molar-refractivity contribution in [1.82, 2.24) is 0 Å². The Hall–Kier alpha value is -0.780. The van der Waals surface area contributed by atoms with Gasteiger partial charge in [0.15, 0.2) is 0 Å². The van der Waals surface area contributed by atoms with E-state index in [0.29, 0.717) is 23.0 Å². The topological polar surface area (TPSA) is 199 Å². The number of carbonyl (C=O) groups is 2. The summed E-state index contributed by atoms with van der Waals surface area (Å²) in [6, 6.07) is -1.37.